The lowest BCUT2D eigenvalue weighted by Gasteiger charge is -2.10. The highest BCUT2D eigenvalue weighted by molar-refractivity contribution is 6.03. The first-order valence-corrected chi connectivity index (χ1v) is 11.4. The molecular formula is C27H25N7O. The standard InChI is InChI=1S/C27H25N7O/c1-3-34-26(15-18(2)33-34)27(35)30-21-9-6-8-20(16-21)29-22-10-12-23-24(31-32-25(23)17-22)13-11-19-7-4-5-14-28-19/h4-17,29H,3H2,1-2H3,(H,30,35)(H,31,32). The first-order valence-electron chi connectivity index (χ1n) is 11.4. The summed E-state index contributed by atoms with van der Waals surface area (Å²) in [4.78, 5) is 17.1. The third-order valence-electron chi connectivity index (χ3n) is 5.54. The lowest BCUT2D eigenvalue weighted by atomic mass is 10.1. The lowest BCUT2D eigenvalue weighted by molar-refractivity contribution is 0.101. The Bertz CT molecular complexity index is 1520. The van der Waals surface area contributed by atoms with E-state index < -0.39 is 0 Å². The van der Waals surface area contributed by atoms with E-state index in [9.17, 15) is 4.79 Å². The maximum atomic E-state index is 12.8. The number of pyridine rings is 1. The fourth-order valence-electron chi connectivity index (χ4n) is 3.89. The molecule has 0 saturated carbocycles. The van der Waals surface area contributed by atoms with Gasteiger partial charge in [-0.15, -0.1) is 0 Å². The number of anilines is 3. The molecule has 35 heavy (non-hydrogen) atoms. The van der Waals surface area contributed by atoms with Gasteiger partial charge in [0, 0.05) is 35.2 Å². The van der Waals surface area contributed by atoms with Gasteiger partial charge in [-0.25, -0.2) is 0 Å². The van der Waals surface area contributed by atoms with Crippen LogP contribution in [0.4, 0.5) is 17.1 Å². The van der Waals surface area contributed by atoms with E-state index in [0.29, 0.717) is 17.9 Å². The number of carbonyl (C=O) groups is 1. The average Bonchev–Trinajstić information content (AvgIpc) is 3.46. The van der Waals surface area contributed by atoms with Crippen molar-refractivity contribution in [2.75, 3.05) is 10.6 Å². The number of H-pyrrole nitrogens is 1. The van der Waals surface area contributed by atoms with Crippen LogP contribution in [0, 0.1) is 6.92 Å². The molecule has 3 heterocycles. The van der Waals surface area contributed by atoms with E-state index in [1.807, 2.05) is 86.7 Å². The number of aromatic amines is 1. The Labute approximate surface area is 202 Å². The van der Waals surface area contributed by atoms with Crippen molar-refractivity contribution in [2.24, 2.45) is 0 Å². The van der Waals surface area contributed by atoms with Crippen LogP contribution < -0.4 is 10.6 Å². The molecule has 0 atom stereocenters. The van der Waals surface area contributed by atoms with Gasteiger partial charge in [0.25, 0.3) is 5.91 Å². The van der Waals surface area contributed by atoms with Crippen LogP contribution in [0.5, 0.6) is 0 Å². The monoisotopic (exact) mass is 463 g/mol. The van der Waals surface area contributed by atoms with Crippen molar-refractivity contribution >= 4 is 46.0 Å². The number of fused-ring (bicyclic) bond motifs is 1. The minimum atomic E-state index is -0.185. The number of nitrogens with one attached hydrogen (secondary N) is 3. The summed E-state index contributed by atoms with van der Waals surface area (Å²) in [5.41, 5.74) is 6.47. The first kappa shape index (κ1) is 22.1. The molecule has 0 unspecified atom stereocenters. The Morgan fingerprint density at radius 2 is 1.86 bits per heavy atom. The summed E-state index contributed by atoms with van der Waals surface area (Å²) in [7, 11) is 0. The number of hydrogen-bond donors (Lipinski definition) is 3. The quantitative estimate of drug-likeness (QED) is 0.290. The van der Waals surface area contributed by atoms with E-state index in [2.05, 4.69) is 30.9 Å². The second-order valence-electron chi connectivity index (χ2n) is 8.10. The van der Waals surface area contributed by atoms with Gasteiger partial charge in [-0.1, -0.05) is 12.1 Å². The van der Waals surface area contributed by atoms with Crippen molar-refractivity contribution in [3.8, 4) is 0 Å². The molecule has 0 radical (unpaired) electrons. The van der Waals surface area contributed by atoms with Gasteiger partial charge in [0.05, 0.1) is 22.6 Å². The molecule has 8 nitrogen and oxygen atoms in total. The summed E-state index contributed by atoms with van der Waals surface area (Å²) >= 11 is 0. The van der Waals surface area contributed by atoms with Gasteiger partial charge < -0.3 is 10.6 Å². The summed E-state index contributed by atoms with van der Waals surface area (Å²) in [6.07, 6.45) is 5.66. The zero-order valence-electron chi connectivity index (χ0n) is 19.5. The molecule has 0 bridgehead atoms. The molecule has 5 rings (SSSR count). The fourth-order valence-corrected chi connectivity index (χ4v) is 3.89. The Hall–Kier alpha value is -4.72. The third kappa shape index (κ3) is 4.96. The van der Waals surface area contributed by atoms with E-state index in [-0.39, 0.29) is 5.91 Å². The van der Waals surface area contributed by atoms with Crippen LogP contribution in [0.25, 0.3) is 23.1 Å². The Kier molecular flexibility index (Phi) is 6.09. The van der Waals surface area contributed by atoms with Crippen molar-refractivity contribution in [3.63, 3.8) is 0 Å². The number of rotatable bonds is 7. The molecule has 5 aromatic rings. The topological polar surface area (TPSA) is 101 Å². The molecule has 0 aliphatic carbocycles. The molecule has 1 amide bonds. The molecular weight excluding hydrogens is 438 g/mol. The molecule has 0 aliphatic heterocycles. The van der Waals surface area contributed by atoms with Crippen LogP contribution in [-0.4, -0.2) is 30.9 Å². The molecule has 3 N–H and O–H groups in total. The van der Waals surface area contributed by atoms with Gasteiger partial charge in [-0.3, -0.25) is 19.6 Å². The van der Waals surface area contributed by atoms with E-state index in [1.165, 1.54) is 0 Å². The van der Waals surface area contributed by atoms with Gasteiger partial charge in [0.1, 0.15) is 5.69 Å². The van der Waals surface area contributed by atoms with Gasteiger partial charge in [-0.05, 0) is 80.6 Å². The van der Waals surface area contributed by atoms with Crippen LogP contribution in [0.1, 0.15) is 34.5 Å². The predicted molar refractivity (Wildman–Crippen MR) is 140 cm³/mol. The maximum Gasteiger partial charge on any atom is 0.273 e. The van der Waals surface area contributed by atoms with Gasteiger partial charge in [-0.2, -0.15) is 10.2 Å². The van der Waals surface area contributed by atoms with Gasteiger partial charge in [0.15, 0.2) is 0 Å². The number of aromatic nitrogens is 5. The molecule has 2 aromatic carbocycles. The summed E-state index contributed by atoms with van der Waals surface area (Å²) < 4.78 is 1.70. The molecule has 0 fully saturated rings. The maximum absolute atomic E-state index is 12.8. The highest BCUT2D eigenvalue weighted by atomic mass is 16.2. The second kappa shape index (κ2) is 9.64. The number of amides is 1. The molecule has 3 aromatic heterocycles. The number of aryl methyl sites for hydroxylation is 2. The second-order valence-corrected chi connectivity index (χ2v) is 8.10. The highest BCUT2D eigenvalue weighted by Gasteiger charge is 2.13. The van der Waals surface area contributed by atoms with Crippen LogP contribution in [-0.2, 0) is 6.54 Å². The van der Waals surface area contributed by atoms with Crippen molar-refractivity contribution < 1.29 is 4.79 Å². The highest BCUT2D eigenvalue weighted by Crippen LogP contribution is 2.25. The zero-order chi connectivity index (χ0) is 24.2. The van der Waals surface area contributed by atoms with Crippen LogP contribution in [0.2, 0.25) is 0 Å². The van der Waals surface area contributed by atoms with E-state index in [0.717, 1.165) is 39.4 Å². The number of hydrogen-bond acceptors (Lipinski definition) is 5. The minimum absolute atomic E-state index is 0.185. The van der Waals surface area contributed by atoms with Crippen LogP contribution in [0.3, 0.4) is 0 Å². The lowest BCUT2D eigenvalue weighted by Crippen LogP contribution is -2.17. The average molecular weight is 464 g/mol. The van der Waals surface area contributed by atoms with Crippen molar-refractivity contribution in [1.29, 1.82) is 0 Å². The van der Waals surface area contributed by atoms with E-state index in [4.69, 9.17) is 0 Å². The number of carbonyl (C=O) groups excluding carboxylic acids is 1. The van der Waals surface area contributed by atoms with Crippen molar-refractivity contribution in [3.05, 3.63) is 95.7 Å². The van der Waals surface area contributed by atoms with Crippen molar-refractivity contribution in [1.82, 2.24) is 25.0 Å². The summed E-state index contributed by atoms with van der Waals surface area (Å²) in [5.74, 6) is -0.185. The van der Waals surface area contributed by atoms with Gasteiger partial charge in [0.2, 0.25) is 0 Å². The summed E-state index contributed by atoms with van der Waals surface area (Å²) in [6, 6.07) is 21.2. The Balaban J connectivity index is 1.31. The normalized spacial score (nSPS) is 11.3. The smallest absolute Gasteiger partial charge is 0.273 e. The molecule has 0 saturated heterocycles. The molecule has 0 spiro atoms. The Morgan fingerprint density at radius 1 is 1.00 bits per heavy atom. The third-order valence-corrected chi connectivity index (χ3v) is 5.54. The first-order chi connectivity index (χ1) is 17.1. The number of nitrogens with zero attached hydrogens (tertiary/aromatic N) is 4. The van der Waals surface area contributed by atoms with Crippen LogP contribution >= 0.6 is 0 Å². The van der Waals surface area contributed by atoms with Crippen molar-refractivity contribution in [2.45, 2.75) is 20.4 Å². The molecule has 174 valence electrons. The molecule has 0 aliphatic rings. The summed E-state index contributed by atoms with van der Waals surface area (Å²) in [6.45, 7) is 4.47. The zero-order valence-corrected chi connectivity index (χ0v) is 19.5. The predicted octanol–water partition coefficient (Wildman–Crippen LogP) is 5.65. The van der Waals surface area contributed by atoms with Crippen LogP contribution in [0.15, 0.2) is 72.9 Å². The number of benzene rings is 2. The van der Waals surface area contributed by atoms with E-state index >= 15 is 0 Å². The molecule has 8 heteroatoms. The fraction of sp³-hybridized carbons (Fsp3) is 0.111. The van der Waals surface area contributed by atoms with E-state index in [1.54, 1.807) is 16.9 Å². The Morgan fingerprint density at radius 3 is 2.69 bits per heavy atom. The minimum Gasteiger partial charge on any atom is -0.355 e. The largest absolute Gasteiger partial charge is 0.355 e. The SMILES string of the molecule is CCn1nc(C)cc1C(=O)Nc1cccc(Nc2ccc3c(C=Cc4ccccn4)n[nH]c3c2)c1. The summed E-state index contributed by atoms with van der Waals surface area (Å²) in [5, 5.41) is 19.2. The van der Waals surface area contributed by atoms with Gasteiger partial charge >= 0.3 is 0 Å².